The van der Waals surface area contributed by atoms with Crippen LogP contribution in [0.4, 0.5) is 8.78 Å². The second-order valence-corrected chi connectivity index (χ2v) is 6.50. The van der Waals surface area contributed by atoms with Crippen LogP contribution in [0.5, 0.6) is 0 Å². The summed E-state index contributed by atoms with van der Waals surface area (Å²) >= 11 is 0. The number of carbonyl (C=O) groups excluding carboxylic acids is 1. The number of ketones is 1. The van der Waals surface area contributed by atoms with Crippen LogP contribution in [0.25, 0.3) is 0 Å². The number of halogens is 2. The molecule has 0 aromatic heterocycles. The lowest BCUT2D eigenvalue weighted by Gasteiger charge is -2.10. The number of hydrogen-bond acceptors (Lipinski definition) is 2. The smallest absolute Gasteiger partial charge is 0.270 e. The van der Waals surface area contributed by atoms with Crippen LogP contribution in [0.2, 0.25) is 0 Å². The number of hydrogen-bond donors (Lipinski definition) is 1. The van der Waals surface area contributed by atoms with Gasteiger partial charge in [-0.1, -0.05) is 48.5 Å². The number of nitrogens with two attached hydrogens (primary N) is 1. The summed E-state index contributed by atoms with van der Waals surface area (Å²) in [5, 5.41) is 0. The van der Waals surface area contributed by atoms with E-state index >= 15 is 0 Å². The zero-order chi connectivity index (χ0) is 18.0. The summed E-state index contributed by atoms with van der Waals surface area (Å²) in [6.07, 6.45) is 1.96. The second-order valence-electron chi connectivity index (χ2n) is 6.50. The molecular weight excluding hydrogens is 322 g/mol. The van der Waals surface area contributed by atoms with Crippen LogP contribution in [0.1, 0.15) is 46.8 Å². The molecule has 1 aliphatic carbocycles. The molecule has 2 N–H and O–H groups in total. The highest BCUT2D eigenvalue weighted by Gasteiger charge is 2.30. The number of rotatable bonds is 6. The predicted octanol–water partition coefficient (Wildman–Crippen LogP) is 4.30. The third-order valence-corrected chi connectivity index (χ3v) is 4.31. The third-order valence-electron chi connectivity index (χ3n) is 4.31. The van der Waals surface area contributed by atoms with Crippen molar-refractivity contribution in [3.05, 3.63) is 70.8 Å². The third kappa shape index (κ3) is 4.29. The van der Waals surface area contributed by atoms with Crippen molar-refractivity contribution in [2.75, 3.05) is 0 Å². The van der Waals surface area contributed by atoms with Crippen molar-refractivity contribution in [2.24, 2.45) is 16.6 Å². The van der Waals surface area contributed by atoms with Crippen molar-refractivity contribution in [3.63, 3.8) is 0 Å². The molecule has 1 aliphatic rings. The fourth-order valence-electron chi connectivity index (χ4n) is 2.56. The Hall–Kier alpha value is -2.56. The molecule has 0 spiro atoms. The molecule has 5 heteroatoms. The maximum atomic E-state index is 13.2. The average Bonchev–Trinajstić information content (AvgIpc) is 3.44. The van der Waals surface area contributed by atoms with Crippen LogP contribution in [0, 0.1) is 5.92 Å². The first-order valence-electron chi connectivity index (χ1n) is 8.26. The molecule has 0 heterocycles. The lowest BCUT2D eigenvalue weighted by molar-refractivity contribution is 0.0174. The first-order chi connectivity index (χ1) is 11.8. The van der Waals surface area contributed by atoms with Gasteiger partial charge in [-0.2, -0.15) is 0 Å². The number of carbonyl (C=O) groups is 1. The van der Waals surface area contributed by atoms with Crippen molar-refractivity contribution in [2.45, 2.75) is 32.2 Å². The van der Waals surface area contributed by atoms with E-state index in [1.54, 1.807) is 36.4 Å². The molecule has 0 unspecified atom stereocenters. The minimum atomic E-state index is -2.85. The zero-order valence-corrected chi connectivity index (χ0v) is 14.0. The molecule has 0 aliphatic heterocycles. The van der Waals surface area contributed by atoms with Gasteiger partial charge in [0, 0.05) is 29.5 Å². The molecule has 0 atom stereocenters. The normalized spacial score (nSPS) is 15.2. The molecule has 0 bridgehead atoms. The van der Waals surface area contributed by atoms with Gasteiger partial charge in [-0.15, -0.1) is 0 Å². The monoisotopic (exact) mass is 342 g/mol. The molecule has 2 aromatic rings. The van der Waals surface area contributed by atoms with E-state index in [1.807, 2.05) is 0 Å². The fraction of sp³-hybridized carbons (Fsp3) is 0.300. The van der Waals surface area contributed by atoms with Gasteiger partial charge in [0.15, 0.2) is 5.78 Å². The molecular formula is C20H20F2N2O. The van der Waals surface area contributed by atoms with E-state index in [0.717, 1.165) is 30.9 Å². The minimum Gasteiger partial charge on any atom is -0.383 e. The summed E-state index contributed by atoms with van der Waals surface area (Å²) in [4.78, 5) is 16.3. The number of Topliss-reactive ketones (excluding diaryl/α,β-unsaturated/α-hetero) is 1. The van der Waals surface area contributed by atoms with E-state index in [9.17, 15) is 13.6 Å². The molecule has 0 amide bonds. The van der Waals surface area contributed by atoms with E-state index < -0.39 is 5.92 Å². The van der Waals surface area contributed by atoms with E-state index in [1.165, 1.54) is 12.1 Å². The van der Waals surface area contributed by atoms with Gasteiger partial charge in [0.2, 0.25) is 0 Å². The van der Waals surface area contributed by atoms with Gasteiger partial charge < -0.3 is 5.73 Å². The van der Waals surface area contributed by atoms with Gasteiger partial charge in [-0.05, 0) is 18.4 Å². The van der Waals surface area contributed by atoms with E-state index in [0.29, 0.717) is 17.9 Å². The molecule has 3 nitrogen and oxygen atoms in total. The molecule has 130 valence electrons. The lowest BCUT2D eigenvalue weighted by atomic mass is 10.0. The fourth-order valence-corrected chi connectivity index (χ4v) is 2.56. The van der Waals surface area contributed by atoms with Crippen molar-refractivity contribution < 1.29 is 13.6 Å². The Kier molecular flexibility index (Phi) is 4.66. The maximum Gasteiger partial charge on any atom is 0.270 e. The molecule has 1 fully saturated rings. The summed E-state index contributed by atoms with van der Waals surface area (Å²) in [6, 6.07) is 13.2. The first kappa shape index (κ1) is 17.3. The molecule has 3 rings (SSSR count). The van der Waals surface area contributed by atoms with E-state index in [-0.39, 0.29) is 17.3 Å². The van der Waals surface area contributed by atoms with Crippen LogP contribution >= 0.6 is 0 Å². The van der Waals surface area contributed by atoms with Gasteiger partial charge in [0.25, 0.3) is 5.92 Å². The first-order valence-corrected chi connectivity index (χ1v) is 8.26. The summed E-state index contributed by atoms with van der Waals surface area (Å²) in [6.45, 7) is 1.18. The Balaban J connectivity index is 1.66. The van der Waals surface area contributed by atoms with Crippen LogP contribution in [0.15, 0.2) is 53.5 Å². The van der Waals surface area contributed by atoms with Crippen LogP contribution < -0.4 is 5.73 Å². The van der Waals surface area contributed by atoms with Crippen LogP contribution in [0.3, 0.4) is 0 Å². The van der Waals surface area contributed by atoms with E-state index in [2.05, 4.69) is 4.99 Å². The largest absolute Gasteiger partial charge is 0.383 e. The standard InChI is InChI=1S/C20H20F2N2O/c1-20(21,22)17-10-2-13(3-11-17)12-24-19(23)16-8-6-15(7-9-16)18(25)14-4-5-14/h2-3,6-11,14H,4-5,12H2,1H3,(H2,23,24). The van der Waals surface area contributed by atoms with Crippen LogP contribution in [-0.2, 0) is 12.5 Å². The zero-order valence-electron chi connectivity index (χ0n) is 14.0. The van der Waals surface area contributed by atoms with Gasteiger partial charge >= 0.3 is 0 Å². The van der Waals surface area contributed by atoms with E-state index in [4.69, 9.17) is 5.73 Å². The Morgan fingerprint density at radius 3 is 2.16 bits per heavy atom. The van der Waals surface area contributed by atoms with Gasteiger partial charge in [-0.3, -0.25) is 9.79 Å². The lowest BCUT2D eigenvalue weighted by Crippen LogP contribution is -2.14. The Labute approximate surface area is 145 Å². The van der Waals surface area contributed by atoms with Gasteiger partial charge in [-0.25, -0.2) is 8.78 Å². The number of benzene rings is 2. The SMILES string of the molecule is CC(F)(F)c1ccc(CN=C(N)c2ccc(C(=O)C3CC3)cc2)cc1. The number of aliphatic imine (C=N–C) groups is 1. The Morgan fingerprint density at radius 1 is 1.08 bits per heavy atom. The minimum absolute atomic E-state index is 0.0240. The van der Waals surface area contributed by atoms with Gasteiger partial charge in [0.05, 0.1) is 6.54 Å². The highest BCUT2D eigenvalue weighted by atomic mass is 19.3. The van der Waals surface area contributed by atoms with Crippen molar-refractivity contribution in [1.29, 1.82) is 0 Å². The summed E-state index contributed by atoms with van der Waals surface area (Å²) in [5.41, 5.74) is 8.21. The summed E-state index contributed by atoms with van der Waals surface area (Å²) < 4.78 is 26.4. The topological polar surface area (TPSA) is 55.4 Å². The average molecular weight is 342 g/mol. The van der Waals surface area contributed by atoms with Crippen molar-refractivity contribution in [1.82, 2.24) is 0 Å². The quantitative estimate of drug-likeness (QED) is 0.483. The Morgan fingerprint density at radius 2 is 1.64 bits per heavy atom. The maximum absolute atomic E-state index is 13.2. The van der Waals surface area contributed by atoms with Crippen molar-refractivity contribution in [3.8, 4) is 0 Å². The number of nitrogens with zero attached hydrogens (tertiary/aromatic N) is 1. The molecule has 0 radical (unpaired) electrons. The molecule has 1 saturated carbocycles. The Bertz CT molecular complexity index is 786. The highest BCUT2D eigenvalue weighted by molar-refractivity contribution is 6.01. The number of amidine groups is 1. The second kappa shape index (κ2) is 6.75. The van der Waals surface area contributed by atoms with Crippen LogP contribution in [-0.4, -0.2) is 11.6 Å². The van der Waals surface area contributed by atoms with Gasteiger partial charge in [0.1, 0.15) is 5.84 Å². The summed E-state index contributed by atoms with van der Waals surface area (Å²) in [7, 11) is 0. The molecule has 25 heavy (non-hydrogen) atoms. The summed E-state index contributed by atoms with van der Waals surface area (Å²) in [5.74, 6) is -2.11. The molecule has 2 aromatic carbocycles. The van der Waals surface area contributed by atoms with Crippen molar-refractivity contribution >= 4 is 11.6 Å². The number of alkyl halides is 2. The highest BCUT2D eigenvalue weighted by Crippen LogP contribution is 2.32. The predicted molar refractivity (Wildman–Crippen MR) is 93.9 cm³/mol. The molecule has 0 saturated heterocycles.